The van der Waals surface area contributed by atoms with Gasteiger partial charge < -0.3 is 5.73 Å². The van der Waals surface area contributed by atoms with E-state index in [1.165, 1.54) is 12.1 Å². The lowest BCUT2D eigenvalue weighted by molar-refractivity contribution is 0.0587. The molecular weight excluding hydrogens is 362 g/mol. The zero-order valence-electron chi connectivity index (χ0n) is 15.6. The molecule has 2 N–H and O–H groups in total. The van der Waals surface area contributed by atoms with Crippen molar-refractivity contribution < 1.29 is 8.78 Å². The third kappa shape index (κ3) is 2.80. The summed E-state index contributed by atoms with van der Waals surface area (Å²) in [5.74, 6) is -0.850. The molecule has 4 heterocycles. The number of nitrogens with two attached hydrogens (primary N) is 1. The SMILES string of the molecule is CN1C[C@H](N2Cc3nn4cccnc4c3C2)C[C@H](N)[C@H]1c1cc(F)ccc1F. The maximum Gasteiger partial charge on any atom is 0.159 e. The van der Waals surface area contributed by atoms with Crippen molar-refractivity contribution in [2.75, 3.05) is 13.6 Å². The normalized spacial score (nSPS) is 26.1. The molecule has 2 aliphatic rings. The molecule has 1 aromatic carbocycles. The number of rotatable bonds is 2. The van der Waals surface area contributed by atoms with E-state index in [2.05, 4.69) is 15.0 Å². The van der Waals surface area contributed by atoms with Gasteiger partial charge in [-0.2, -0.15) is 5.10 Å². The molecule has 0 amide bonds. The minimum absolute atomic E-state index is 0.228. The fourth-order valence-electron chi connectivity index (χ4n) is 4.74. The van der Waals surface area contributed by atoms with E-state index in [0.29, 0.717) is 12.0 Å². The number of aromatic nitrogens is 3. The van der Waals surface area contributed by atoms with E-state index in [0.717, 1.165) is 42.6 Å². The molecule has 0 unspecified atom stereocenters. The highest BCUT2D eigenvalue weighted by Gasteiger charge is 2.39. The summed E-state index contributed by atoms with van der Waals surface area (Å²) < 4.78 is 29.8. The van der Waals surface area contributed by atoms with Crippen LogP contribution in [-0.4, -0.2) is 50.1 Å². The van der Waals surface area contributed by atoms with E-state index in [9.17, 15) is 8.78 Å². The van der Waals surface area contributed by atoms with Crippen LogP contribution in [0.15, 0.2) is 36.7 Å². The Balaban J connectivity index is 1.36. The Morgan fingerprint density at radius 1 is 1.21 bits per heavy atom. The lowest BCUT2D eigenvalue weighted by Gasteiger charge is -2.44. The van der Waals surface area contributed by atoms with Gasteiger partial charge in [-0.05, 0) is 37.7 Å². The minimum Gasteiger partial charge on any atom is -0.326 e. The van der Waals surface area contributed by atoms with Crippen molar-refractivity contribution in [3.8, 4) is 0 Å². The van der Waals surface area contributed by atoms with E-state index in [4.69, 9.17) is 5.73 Å². The van der Waals surface area contributed by atoms with Gasteiger partial charge in [-0.25, -0.2) is 18.3 Å². The van der Waals surface area contributed by atoms with E-state index < -0.39 is 11.6 Å². The number of likely N-dealkylation sites (tertiary alicyclic amines) is 1. The van der Waals surface area contributed by atoms with E-state index in [-0.39, 0.29) is 18.1 Å². The van der Waals surface area contributed by atoms with Crippen molar-refractivity contribution in [1.82, 2.24) is 24.4 Å². The quantitative estimate of drug-likeness (QED) is 0.733. The monoisotopic (exact) mass is 384 g/mol. The summed E-state index contributed by atoms with van der Waals surface area (Å²) in [5, 5.41) is 4.64. The molecule has 1 fully saturated rings. The lowest BCUT2D eigenvalue weighted by atomic mass is 9.88. The Hall–Kier alpha value is -2.42. The molecule has 6 nitrogen and oxygen atoms in total. The molecule has 28 heavy (non-hydrogen) atoms. The predicted molar refractivity (Wildman–Crippen MR) is 100 cm³/mol. The molecule has 5 rings (SSSR count). The molecule has 8 heteroatoms. The van der Waals surface area contributed by atoms with Crippen molar-refractivity contribution >= 4 is 5.65 Å². The van der Waals surface area contributed by atoms with Crippen molar-refractivity contribution in [3.63, 3.8) is 0 Å². The molecule has 0 spiro atoms. The second-order valence-corrected chi connectivity index (χ2v) is 7.82. The summed E-state index contributed by atoms with van der Waals surface area (Å²) in [6.45, 7) is 2.26. The number of halogens is 2. The van der Waals surface area contributed by atoms with Gasteiger partial charge in [-0.3, -0.25) is 9.80 Å². The van der Waals surface area contributed by atoms with Gasteiger partial charge in [-0.1, -0.05) is 0 Å². The van der Waals surface area contributed by atoms with Crippen molar-refractivity contribution in [2.45, 2.75) is 37.6 Å². The van der Waals surface area contributed by atoms with Gasteiger partial charge in [-0.15, -0.1) is 0 Å². The Bertz CT molecular complexity index is 1020. The smallest absolute Gasteiger partial charge is 0.159 e. The van der Waals surface area contributed by atoms with Crippen LogP contribution < -0.4 is 5.73 Å². The molecule has 1 saturated heterocycles. The Morgan fingerprint density at radius 3 is 2.89 bits per heavy atom. The molecular formula is C20H22F2N6. The number of piperidine rings is 1. The molecule has 3 aromatic rings. The molecule has 2 aromatic heterocycles. The number of benzene rings is 1. The van der Waals surface area contributed by atoms with Gasteiger partial charge in [0.25, 0.3) is 0 Å². The van der Waals surface area contributed by atoms with E-state index in [1.807, 2.05) is 28.7 Å². The first-order chi connectivity index (χ1) is 13.5. The summed E-state index contributed by atoms with van der Waals surface area (Å²) in [6.07, 6.45) is 4.41. The Labute approximate surface area is 161 Å². The summed E-state index contributed by atoms with van der Waals surface area (Å²) in [4.78, 5) is 8.86. The van der Waals surface area contributed by atoms with Gasteiger partial charge in [0.2, 0.25) is 0 Å². The first-order valence-corrected chi connectivity index (χ1v) is 9.47. The number of likely N-dealkylation sites (N-methyl/N-ethyl adjacent to an activating group) is 1. The van der Waals surface area contributed by atoms with Crippen LogP contribution in [0, 0.1) is 11.6 Å². The number of hydrogen-bond donors (Lipinski definition) is 1. The van der Waals surface area contributed by atoms with Crippen molar-refractivity contribution in [3.05, 3.63) is 65.1 Å². The number of nitrogens with zero attached hydrogens (tertiary/aromatic N) is 5. The van der Waals surface area contributed by atoms with Crippen LogP contribution in [-0.2, 0) is 13.1 Å². The highest BCUT2D eigenvalue weighted by atomic mass is 19.1. The molecule has 0 aliphatic carbocycles. The van der Waals surface area contributed by atoms with Gasteiger partial charge >= 0.3 is 0 Å². The summed E-state index contributed by atoms with van der Waals surface area (Å²) in [6, 6.07) is 5.06. The fraction of sp³-hybridized carbons (Fsp3) is 0.400. The minimum atomic E-state index is -0.440. The van der Waals surface area contributed by atoms with Crippen LogP contribution in [0.5, 0.6) is 0 Å². The van der Waals surface area contributed by atoms with Gasteiger partial charge in [0, 0.05) is 55.2 Å². The summed E-state index contributed by atoms with van der Waals surface area (Å²) >= 11 is 0. The first-order valence-electron chi connectivity index (χ1n) is 9.47. The van der Waals surface area contributed by atoms with Crippen LogP contribution >= 0.6 is 0 Å². The maximum atomic E-state index is 14.3. The van der Waals surface area contributed by atoms with Crippen LogP contribution in [0.4, 0.5) is 8.78 Å². The Kier molecular flexibility index (Phi) is 4.15. The highest BCUT2D eigenvalue weighted by molar-refractivity contribution is 5.51. The van der Waals surface area contributed by atoms with Gasteiger partial charge in [0.15, 0.2) is 5.65 Å². The Morgan fingerprint density at radius 2 is 2.07 bits per heavy atom. The third-order valence-corrected chi connectivity index (χ3v) is 6.00. The zero-order chi connectivity index (χ0) is 19.4. The van der Waals surface area contributed by atoms with Crippen LogP contribution in [0.1, 0.15) is 29.3 Å². The molecule has 2 aliphatic heterocycles. The molecule has 0 bridgehead atoms. The van der Waals surface area contributed by atoms with Crippen LogP contribution in [0.3, 0.4) is 0 Å². The van der Waals surface area contributed by atoms with Gasteiger partial charge in [0.1, 0.15) is 11.6 Å². The van der Waals surface area contributed by atoms with E-state index >= 15 is 0 Å². The van der Waals surface area contributed by atoms with Crippen molar-refractivity contribution in [1.29, 1.82) is 0 Å². The predicted octanol–water partition coefficient (Wildman–Crippen LogP) is 2.10. The number of fused-ring (bicyclic) bond motifs is 3. The molecule has 0 saturated carbocycles. The standard InChI is InChI=1S/C20H22F2N6/c1-26-9-13(8-17(23)19(26)14-7-12(21)3-4-16(14)22)27-10-15-18(11-27)25-28-6-2-5-24-20(15)28/h2-7,13,17,19H,8-11,23H2,1H3/t13-,17+,19-/m1/s1. The average molecular weight is 384 g/mol. The van der Waals surface area contributed by atoms with Crippen LogP contribution in [0.25, 0.3) is 5.65 Å². The fourth-order valence-corrected chi connectivity index (χ4v) is 4.74. The third-order valence-electron chi connectivity index (χ3n) is 6.00. The molecule has 0 radical (unpaired) electrons. The largest absolute Gasteiger partial charge is 0.326 e. The topological polar surface area (TPSA) is 62.7 Å². The second kappa shape index (κ2) is 6.58. The van der Waals surface area contributed by atoms with E-state index in [1.54, 1.807) is 6.20 Å². The highest BCUT2D eigenvalue weighted by Crippen LogP contribution is 2.35. The second-order valence-electron chi connectivity index (χ2n) is 7.82. The first kappa shape index (κ1) is 17.7. The average Bonchev–Trinajstić information content (AvgIpc) is 3.22. The maximum absolute atomic E-state index is 14.3. The van der Waals surface area contributed by atoms with Crippen molar-refractivity contribution in [2.24, 2.45) is 5.73 Å². The molecule has 3 atom stereocenters. The molecule has 146 valence electrons. The zero-order valence-corrected chi connectivity index (χ0v) is 15.6. The summed E-state index contributed by atoms with van der Waals surface area (Å²) in [5.41, 5.74) is 9.90. The summed E-state index contributed by atoms with van der Waals surface area (Å²) in [7, 11) is 1.93. The number of hydrogen-bond acceptors (Lipinski definition) is 5. The lowest BCUT2D eigenvalue weighted by Crippen LogP contribution is -2.54. The van der Waals surface area contributed by atoms with Gasteiger partial charge in [0.05, 0.1) is 11.7 Å². The van der Waals surface area contributed by atoms with Crippen LogP contribution in [0.2, 0.25) is 0 Å².